The maximum absolute atomic E-state index is 12.8. The van der Waals surface area contributed by atoms with Crippen molar-refractivity contribution in [2.75, 3.05) is 31.6 Å². The first kappa shape index (κ1) is 25.7. The van der Waals surface area contributed by atoms with Gasteiger partial charge in [-0.1, -0.05) is 20.3 Å². The Bertz CT molecular complexity index is 1060. The molecule has 1 aliphatic heterocycles. The first-order valence-corrected chi connectivity index (χ1v) is 13.0. The molecule has 1 heterocycles. The fourth-order valence-corrected chi connectivity index (χ4v) is 4.98. The number of ether oxygens (including phenoxy) is 2. The topological polar surface area (TPSA) is 102 Å². The number of carbonyl (C=O) groups is 2. The van der Waals surface area contributed by atoms with E-state index in [1.54, 1.807) is 36.4 Å². The lowest BCUT2D eigenvalue weighted by Gasteiger charge is -2.29. The molecule has 0 atom stereocenters. The molecule has 0 saturated carbocycles. The summed E-state index contributed by atoms with van der Waals surface area (Å²) in [6.45, 7) is 5.36. The van der Waals surface area contributed by atoms with Crippen LogP contribution >= 0.6 is 0 Å². The number of hydrogen-bond donors (Lipinski definition) is 1. The Hall–Kier alpha value is -2.91. The molecule has 1 aliphatic rings. The summed E-state index contributed by atoms with van der Waals surface area (Å²) in [6.07, 6.45) is 3.49. The molecule has 0 aliphatic carbocycles. The number of piperidine rings is 1. The van der Waals surface area contributed by atoms with E-state index in [0.29, 0.717) is 42.6 Å². The van der Waals surface area contributed by atoms with Crippen LogP contribution in [0.15, 0.2) is 53.4 Å². The maximum atomic E-state index is 12.8. The lowest BCUT2D eigenvalue weighted by Crippen LogP contribution is -2.37. The third-order valence-electron chi connectivity index (χ3n) is 5.71. The van der Waals surface area contributed by atoms with Gasteiger partial charge in [-0.25, -0.2) is 13.2 Å². The highest BCUT2D eigenvalue weighted by molar-refractivity contribution is 7.89. The molecular formula is C25H32N2O6S. The monoisotopic (exact) mass is 488 g/mol. The van der Waals surface area contributed by atoms with Crippen molar-refractivity contribution in [1.29, 1.82) is 0 Å². The van der Waals surface area contributed by atoms with Crippen LogP contribution in [0.3, 0.4) is 0 Å². The largest absolute Gasteiger partial charge is 0.484 e. The summed E-state index contributed by atoms with van der Waals surface area (Å²) in [4.78, 5) is 24.4. The van der Waals surface area contributed by atoms with Crippen LogP contribution in [0.4, 0.5) is 5.69 Å². The lowest BCUT2D eigenvalue weighted by molar-refractivity contribution is -0.118. The molecular weight excluding hydrogens is 456 g/mol. The van der Waals surface area contributed by atoms with Crippen LogP contribution in [0.5, 0.6) is 5.75 Å². The van der Waals surface area contributed by atoms with Gasteiger partial charge in [0.1, 0.15) is 5.75 Å². The van der Waals surface area contributed by atoms with E-state index in [2.05, 4.69) is 12.2 Å². The molecule has 8 nitrogen and oxygen atoms in total. The Morgan fingerprint density at radius 3 is 2.29 bits per heavy atom. The van der Waals surface area contributed by atoms with Crippen LogP contribution in [0.2, 0.25) is 0 Å². The highest BCUT2D eigenvalue weighted by atomic mass is 32.2. The van der Waals surface area contributed by atoms with Gasteiger partial charge in [-0.3, -0.25) is 4.79 Å². The average Bonchev–Trinajstić information content (AvgIpc) is 2.84. The van der Waals surface area contributed by atoms with E-state index < -0.39 is 16.0 Å². The van der Waals surface area contributed by atoms with Crippen molar-refractivity contribution >= 4 is 27.6 Å². The minimum Gasteiger partial charge on any atom is -0.484 e. The Morgan fingerprint density at radius 2 is 1.68 bits per heavy atom. The van der Waals surface area contributed by atoms with Crippen molar-refractivity contribution in [1.82, 2.24) is 4.31 Å². The quantitative estimate of drug-likeness (QED) is 0.399. The van der Waals surface area contributed by atoms with Crippen LogP contribution < -0.4 is 10.1 Å². The number of unbranched alkanes of at least 4 members (excludes halogenated alkanes) is 1. The Labute approximate surface area is 201 Å². The first-order valence-electron chi connectivity index (χ1n) is 11.6. The number of nitrogens with one attached hydrogen (secondary N) is 1. The number of nitrogens with zero attached hydrogens (tertiary/aromatic N) is 1. The molecule has 0 aromatic heterocycles. The second kappa shape index (κ2) is 12.0. The molecule has 0 bridgehead atoms. The fourth-order valence-electron chi connectivity index (χ4n) is 3.51. The van der Waals surface area contributed by atoms with Crippen LogP contribution in [-0.2, 0) is 19.6 Å². The first-order chi connectivity index (χ1) is 16.3. The minimum absolute atomic E-state index is 0.215. The van der Waals surface area contributed by atoms with Gasteiger partial charge >= 0.3 is 5.97 Å². The second-order valence-corrected chi connectivity index (χ2v) is 10.4. The molecule has 1 amide bonds. The summed E-state index contributed by atoms with van der Waals surface area (Å²) in [7, 11) is -3.53. The minimum atomic E-state index is -3.53. The summed E-state index contributed by atoms with van der Waals surface area (Å²) in [6, 6.07) is 12.5. The highest BCUT2D eigenvalue weighted by Gasteiger charge is 2.27. The Morgan fingerprint density at radius 1 is 1.03 bits per heavy atom. The van der Waals surface area contributed by atoms with Crippen molar-refractivity contribution in [2.45, 2.75) is 44.4 Å². The van der Waals surface area contributed by atoms with E-state index in [0.717, 1.165) is 25.7 Å². The van der Waals surface area contributed by atoms with Crippen molar-refractivity contribution in [2.24, 2.45) is 5.92 Å². The zero-order valence-corrected chi connectivity index (χ0v) is 20.5. The van der Waals surface area contributed by atoms with Gasteiger partial charge in [-0.05, 0) is 73.7 Å². The van der Waals surface area contributed by atoms with E-state index in [1.807, 2.05) is 6.92 Å². The van der Waals surface area contributed by atoms with Gasteiger partial charge in [0.2, 0.25) is 10.0 Å². The van der Waals surface area contributed by atoms with E-state index in [1.165, 1.54) is 16.4 Å². The van der Waals surface area contributed by atoms with Crippen LogP contribution in [0.25, 0.3) is 0 Å². The molecule has 9 heteroatoms. The Kier molecular flexibility index (Phi) is 9.06. The smallest absolute Gasteiger partial charge is 0.338 e. The summed E-state index contributed by atoms with van der Waals surface area (Å²) in [5.41, 5.74) is 0.940. The van der Waals surface area contributed by atoms with Crippen molar-refractivity contribution in [3.05, 3.63) is 54.1 Å². The van der Waals surface area contributed by atoms with Gasteiger partial charge in [-0.15, -0.1) is 0 Å². The normalized spacial score (nSPS) is 15.0. The number of rotatable bonds is 10. The van der Waals surface area contributed by atoms with Crippen molar-refractivity contribution in [3.8, 4) is 5.75 Å². The SMILES string of the molecule is CCCCOC(=O)c1ccc(NC(=O)COc2ccc(S(=O)(=O)N3CCC(C)CC3)cc2)cc1. The highest BCUT2D eigenvalue weighted by Crippen LogP contribution is 2.24. The number of amides is 1. The summed E-state index contributed by atoms with van der Waals surface area (Å²) in [5.74, 6) is 0.164. The van der Waals surface area contributed by atoms with E-state index in [-0.39, 0.29) is 17.4 Å². The van der Waals surface area contributed by atoms with Gasteiger partial charge in [0, 0.05) is 18.8 Å². The second-order valence-electron chi connectivity index (χ2n) is 8.46. The number of esters is 1. The maximum Gasteiger partial charge on any atom is 0.338 e. The number of anilines is 1. The van der Waals surface area contributed by atoms with E-state index in [9.17, 15) is 18.0 Å². The molecule has 184 valence electrons. The number of hydrogen-bond acceptors (Lipinski definition) is 6. The van der Waals surface area contributed by atoms with Gasteiger partial charge in [0.15, 0.2) is 6.61 Å². The molecule has 1 N–H and O–H groups in total. The zero-order chi connectivity index (χ0) is 24.6. The predicted molar refractivity (Wildman–Crippen MR) is 129 cm³/mol. The molecule has 3 rings (SSSR count). The van der Waals surface area contributed by atoms with Crippen LogP contribution in [0, 0.1) is 5.92 Å². The van der Waals surface area contributed by atoms with Crippen molar-refractivity contribution < 1.29 is 27.5 Å². The lowest BCUT2D eigenvalue weighted by atomic mass is 10.0. The molecule has 1 fully saturated rings. The van der Waals surface area contributed by atoms with Gasteiger partial charge in [0.05, 0.1) is 17.1 Å². The molecule has 0 radical (unpaired) electrons. The fraction of sp³-hybridized carbons (Fsp3) is 0.440. The molecule has 2 aromatic carbocycles. The average molecular weight is 489 g/mol. The van der Waals surface area contributed by atoms with E-state index >= 15 is 0 Å². The summed E-state index contributed by atoms with van der Waals surface area (Å²) >= 11 is 0. The van der Waals surface area contributed by atoms with Gasteiger partial charge in [-0.2, -0.15) is 4.31 Å². The summed E-state index contributed by atoms with van der Waals surface area (Å²) in [5, 5.41) is 2.69. The number of sulfonamides is 1. The van der Waals surface area contributed by atoms with Crippen LogP contribution in [-0.4, -0.2) is 50.9 Å². The van der Waals surface area contributed by atoms with Gasteiger partial charge in [0.25, 0.3) is 5.91 Å². The van der Waals surface area contributed by atoms with Gasteiger partial charge < -0.3 is 14.8 Å². The molecule has 0 spiro atoms. The molecule has 1 saturated heterocycles. The zero-order valence-electron chi connectivity index (χ0n) is 19.7. The third-order valence-corrected chi connectivity index (χ3v) is 7.62. The standard InChI is InChI=1S/C25H32N2O6S/c1-3-4-17-32-25(29)20-5-7-21(8-6-20)26-24(28)18-33-22-9-11-23(12-10-22)34(30,31)27-15-13-19(2)14-16-27/h5-12,19H,3-4,13-18H2,1-2H3,(H,26,28). The predicted octanol–water partition coefficient (Wildman–Crippen LogP) is 4.08. The number of carbonyl (C=O) groups excluding carboxylic acids is 2. The summed E-state index contributed by atoms with van der Waals surface area (Å²) < 4.78 is 37.8. The van der Waals surface area contributed by atoms with Crippen LogP contribution in [0.1, 0.15) is 49.9 Å². The molecule has 34 heavy (non-hydrogen) atoms. The molecule has 0 unspecified atom stereocenters. The molecule has 2 aromatic rings. The van der Waals surface area contributed by atoms with E-state index in [4.69, 9.17) is 9.47 Å². The third kappa shape index (κ3) is 7.04. The Balaban J connectivity index is 1.48. The van der Waals surface area contributed by atoms with Crippen molar-refractivity contribution in [3.63, 3.8) is 0 Å². The number of benzene rings is 2.